The van der Waals surface area contributed by atoms with Crippen LogP contribution in [0.3, 0.4) is 0 Å². The van der Waals surface area contributed by atoms with Gasteiger partial charge in [-0.2, -0.15) is 0 Å². The van der Waals surface area contributed by atoms with Crippen LogP contribution in [-0.2, 0) is 0 Å². The molecule has 158 valence electrons. The van der Waals surface area contributed by atoms with Gasteiger partial charge in [-0.05, 0) is 62.1 Å². The van der Waals surface area contributed by atoms with Crippen molar-refractivity contribution in [2.75, 3.05) is 19.7 Å². The minimum absolute atomic E-state index is 0.0604. The number of benzene rings is 1. The topological polar surface area (TPSA) is 58.6 Å². The van der Waals surface area contributed by atoms with E-state index < -0.39 is 0 Å². The summed E-state index contributed by atoms with van der Waals surface area (Å²) in [5.74, 6) is 0.849. The third kappa shape index (κ3) is 3.70. The van der Waals surface area contributed by atoms with Gasteiger partial charge >= 0.3 is 0 Å². The smallest absolute Gasteiger partial charge is 0.274 e. The minimum atomic E-state index is -0.0604. The first-order valence-electron chi connectivity index (χ1n) is 10.3. The van der Waals surface area contributed by atoms with E-state index in [1.54, 1.807) is 18.2 Å². The molecule has 2 saturated heterocycles. The molecule has 0 saturated carbocycles. The number of carbonyl (C=O) groups is 1. The molecule has 2 fully saturated rings. The second kappa shape index (κ2) is 8.36. The first-order chi connectivity index (χ1) is 14.4. The zero-order chi connectivity index (χ0) is 21.4. The summed E-state index contributed by atoms with van der Waals surface area (Å²) in [6, 6.07) is 8.32. The fourth-order valence-electron chi connectivity index (χ4n) is 4.75. The normalized spacial score (nSPS) is 21.7. The number of hydrogen-bond acceptors (Lipinski definition) is 5. The predicted molar refractivity (Wildman–Crippen MR) is 117 cm³/mol. The number of aromatic nitrogens is 2. The molecule has 1 aromatic carbocycles. The van der Waals surface area contributed by atoms with E-state index in [9.17, 15) is 4.79 Å². The molecule has 2 aliphatic heterocycles. The van der Waals surface area contributed by atoms with Crippen LogP contribution < -0.4 is 4.74 Å². The molecule has 2 aromatic rings. The van der Waals surface area contributed by atoms with Gasteiger partial charge in [0.05, 0.1) is 0 Å². The number of hydrogen-bond donors (Lipinski definition) is 0. The molecule has 1 amide bonds. The summed E-state index contributed by atoms with van der Waals surface area (Å²) in [4.78, 5) is 17.3. The minimum Gasteiger partial charge on any atom is -0.489 e. The van der Waals surface area contributed by atoms with Gasteiger partial charge in [-0.3, -0.25) is 9.69 Å². The number of amides is 1. The van der Waals surface area contributed by atoms with E-state index in [1.807, 2.05) is 4.90 Å². The molecule has 6 nitrogen and oxygen atoms in total. The van der Waals surface area contributed by atoms with E-state index in [2.05, 4.69) is 54.6 Å². The maximum atomic E-state index is 12.9. The van der Waals surface area contributed by atoms with Crippen LogP contribution in [0.15, 0.2) is 36.9 Å². The molecular weight excluding hydrogens is 400 g/mol. The quantitative estimate of drug-likeness (QED) is 0.654. The Balaban J connectivity index is 1.47. The Hall–Kier alpha value is -2.44. The molecule has 0 spiro atoms. The van der Waals surface area contributed by atoms with Crippen LogP contribution in [0, 0.1) is 13.8 Å². The number of fused-ring (bicyclic) bond motifs is 2. The largest absolute Gasteiger partial charge is 0.489 e. The highest BCUT2D eigenvalue weighted by Gasteiger charge is 2.47. The summed E-state index contributed by atoms with van der Waals surface area (Å²) in [6.45, 7) is 12.3. The highest BCUT2D eigenvalue weighted by Crippen LogP contribution is 2.39. The van der Waals surface area contributed by atoms with Crippen molar-refractivity contribution in [3.05, 3.63) is 64.5 Å². The molecule has 7 heteroatoms. The van der Waals surface area contributed by atoms with Crippen molar-refractivity contribution in [2.45, 2.75) is 45.3 Å². The standard InChI is InChI=1S/C23H27ClN4O2/c1-5-10-30-21-8-6-19(14(2)15(21)3)16(4)27-12-18-11-17(27)13-28(18)23(29)20-7-9-22(24)26-25-20/h5-9,16-18H,1,10-13H2,2-4H3/t16-,17+,18+/m0/s1. The SMILES string of the molecule is C=CCOc1ccc([C@H](C)N2C[C@H]3C[C@@H]2CN3C(=O)c2ccc(Cl)nn2)c(C)c1C. The molecule has 4 rings (SSSR count). The third-order valence-corrected chi connectivity index (χ3v) is 6.68. The fraction of sp³-hybridized carbons (Fsp3) is 0.435. The van der Waals surface area contributed by atoms with E-state index in [1.165, 1.54) is 16.7 Å². The monoisotopic (exact) mass is 426 g/mol. The van der Waals surface area contributed by atoms with Crippen LogP contribution in [0.2, 0.25) is 5.15 Å². The van der Waals surface area contributed by atoms with Gasteiger partial charge in [-0.25, -0.2) is 0 Å². The number of likely N-dealkylation sites (tertiary alicyclic amines) is 2. The lowest BCUT2D eigenvalue weighted by Crippen LogP contribution is -2.49. The molecule has 30 heavy (non-hydrogen) atoms. The van der Waals surface area contributed by atoms with Crippen LogP contribution in [0.5, 0.6) is 5.75 Å². The number of piperazine rings is 1. The zero-order valence-corrected chi connectivity index (χ0v) is 18.4. The Labute approximate surface area is 182 Å². The first kappa shape index (κ1) is 20.8. The van der Waals surface area contributed by atoms with Crippen molar-refractivity contribution in [1.82, 2.24) is 20.0 Å². The fourth-order valence-corrected chi connectivity index (χ4v) is 4.85. The number of rotatable bonds is 6. The van der Waals surface area contributed by atoms with E-state index in [4.69, 9.17) is 16.3 Å². The second-order valence-electron chi connectivity index (χ2n) is 8.12. The average molecular weight is 427 g/mol. The van der Waals surface area contributed by atoms with Crippen molar-refractivity contribution in [3.8, 4) is 5.75 Å². The lowest BCUT2D eigenvalue weighted by Gasteiger charge is -2.38. The number of ether oxygens (including phenoxy) is 1. The van der Waals surface area contributed by atoms with Crippen LogP contribution in [0.1, 0.15) is 46.6 Å². The Morgan fingerprint density at radius 3 is 2.67 bits per heavy atom. The zero-order valence-electron chi connectivity index (χ0n) is 17.6. The number of nitrogens with zero attached hydrogens (tertiary/aromatic N) is 4. The Bertz CT molecular complexity index is 962. The maximum absolute atomic E-state index is 12.9. The van der Waals surface area contributed by atoms with Crippen LogP contribution in [-0.4, -0.2) is 57.7 Å². The average Bonchev–Trinajstić information content (AvgIpc) is 3.35. The van der Waals surface area contributed by atoms with Crippen molar-refractivity contribution < 1.29 is 9.53 Å². The first-order valence-corrected chi connectivity index (χ1v) is 10.7. The highest BCUT2D eigenvalue weighted by molar-refractivity contribution is 6.29. The predicted octanol–water partition coefficient (Wildman–Crippen LogP) is 3.97. The van der Waals surface area contributed by atoms with Gasteiger partial charge in [-0.1, -0.05) is 30.3 Å². The molecule has 0 unspecified atom stereocenters. The van der Waals surface area contributed by atoms with Gasteiger partial charge < -0.3 is 9.64 Å². The molecule has 2 aliphatic rings. The second-order valence-corrected chi connectivity index (χ2v) is 8.50. The third-order valence-electron chi connectivity index (χ3n) is 6.48. The molecule has 3 atom stereocenters. The van der Waals surface area contributed by atoms with Crippen molar-refractivity contribution in [3.63, 3.8) is 0 Å². The van der Waals surface area contributed by atoms with E-state index in [-0.39, 0.29) is 18.0 Å². The summed E-state index contributed by atoms with van der Waals surface area (Å²) in [5, 5.41) is 8.05. The van der Waals surface area contributed by atoms with Crippen LogP contribution >= 0.6 is 11.6 Å². The van der Waals surface area contributed by atoms with Gasteiger partial charge in [-0.15, -0.1) is 10.2 Å². The Morgan fingerprint density at radius 1 is 1.23 bits per heavy atom. The molecule has 1 aromatic heterocycles. The van der Waals surface area contributed by atoms with Gasteiger partial charge in [0.25, 0.3) is 5.91 Å². The maximum Gasteiger partial charge on any atom is 0.274 e. The van der Waals surface area contributed by atoms with E-state index >= 15 is 0 Å². The summed E-state index contributed by atoms with van der Waals surface area (Å²) < 4.78 is 5.77. The highest BCUT2D eigenvalue weighted by atomic mass is 35.5. The van der Waals surface area contributed by atoms with Gasteiger partial charge in [0.1, 0.15) is 12.4 Å². The molecule has 2 bridgehead atoms. The molecule has 0 radical (unpaired) electrons. The molecule has 0 N–H and O–H groups in total. The molecule has 3 heterocycles. The van der Waals surface area contributed by atoms with E-state index in [0.29, 0.717) is 23.5 Å². The van der Waals surface area contributed by atoms with E-state index in [0.717, 1.165) is 25.3 Å². The van der Waals surface area contributed by atoms with Crippen LogP contribution in [0.4, 0.5) is 0 Å². The van der Waals surface area contributed by atoms with Crippen molar-refractivity contribution in [1.29, 1.82) is 0 Å². The molecule has 0 aliphatic carbocycles. The lowest BCUT2D eigenvalue weighted by atomic mass is 9.96. The number of halogens is 1. The van der Waals surface area contributed by atoms with Gasteiger partial charge in [0.15, 0.2) is 10.8 Å². The molecular formula is C23H27ClN4O2. The lowest BCUT2D eigenvalue weighted by molar-refractivity contribution is 0.0562. The van der Waals surface area contributed by atoms with Gasteiger partial charge in [0.2, 0.25) is 0 Å². The van der Waals surface area contributed by atoms with Crippen molar-refractivity contribution >= 4 is 17.5 Å². The van der Waals surface area contributed by atoms with Gasteiger partial charge in [0, 0.05) is 31.2 Å². The summed E-state index contributed by atoms with van der Waals surface area (Å²) >= 11 is 5.79. The Morgan fingerprint density at radius 2 is 2.03 bits per heavy atom. The Kier molecular flexibility index (Phi) is 5.80. The summed E-state index contributed by atoms with van der Waals surface area (Å²) in [6.07, 6.45) is 2.75. The van der Waals surface area contributed by atoms with Crippen molar-refractivity contribution in [2.24, 2.45) is 0 Å². The summed E-state index contributed by atoms with van der Waals surface area (Å²) in [5.41, 5.74) is 4.10. The number of carbonyl (C=O) groups excluding carboxylic acids is 1. The summed E-state index contributed by atoms with van der Waals surface area (Å²) in [7, 11) is 0. The van der Waals surface area contributed by atoms with Crippen LogP contribution in [0.25, 0.3) is 0 Å².